The lowest BCUT2D eigenvalue weighted by Crippen LogP contribution is -2.12. The van der Waals surface area contributed by atoms with Crippen LogP contribution >= 0.6 is 11.6 Å². The van der Waals surface area contributed by atoms with Crippen LogP contribution in [0.3, 0.4) is 0 Å². The van der Waals surface area contributed by atoms with Crippen LogP contribution in [0.5, 0.6) is 0 Å². The minimum atomic E-state index is -0.376. The first-order valence-electron chi connectivity index (χ1n) is 5.82. The zero-order chi connectivity index (χ0) is 13.8. The number of carbonyl (C=O) groups excluding carboxylic acids is 1. The number of amides is 1. The highest BCUT2D eigenvalue weighted by atomic mass is 35.5. The monoisotopic (exact) mass is 277 g/mol. The molecule has 0 aliphatic heterocycles. The Balaban J connectivity index is 2.18. The van der Waals surface area contributed by atoms with E-state index in [-0.39, 0.29) is 11.7 Å². The van der Waals surface area contributed by atoms with E-state index in [0.717, 1.165) is 11.1 Å². The molecule has 19 heavy (non-hydrogen) atoms. The first-order valence-corrected chi connectivity index (χ1v) is 6.36. The SMILES string of the molecule is Cc1ccc(F)cc1NC(=O)c1ccc(CCl)cc1. The zero-order valence-corrected chi connectivity index (χ0v) is 11.2. The van der Waals surface area contributed by atoms with Crippen LogP contribution in [0.25, 0.3) is 0 Å². The van der Waals surface area contributed by atoms with Gasteiger partial charge in [-0.15, -0.1) is 11.6 Å². The van der Waals surface area contributed by atoms with Crippen molar-refractivity contribution in [3.8, 4) is 0 Å². The molecular formula is C15H13ClFNO. The highest BCUT2D eigenvalue weighted by Crippen LogP contribution is 2.17. The van der Waals surface area contributed by atoms with Crippen LogP contribution in [0.2, 0.25) is 0 Å². The van der Waals surface area contributed by atoms with Crippen LogP contribution in [-0.2, 0) is 5.88 Å². The number of aryl methyl sites for hydroxylation is 1. The van der Waals surface area contributed by atoms with E-state index in [2.05, 4.69) is 5.32 Å². The average molecular weight is 278 g/mol. The van der Waals surface area contributed by atoms with E-state index in [1.54, 1.807) is 30.3 Å². The molecule has 0 aromatic heterocycles. The topological polar surface area (TPSA) is 29.1 Å². The summed E-state index contributed by atoms with van der Waals surface area (Å²) in [5.41, 5.74) is 2.75. The summed E-state index contributed by atoms with van der Waals surface area (Å²) in [4.78, 5) is 12.0. The van der Waals surface area contributed by atoms with Crippen LogP contribution in [0.4, 0.5) is 10.1 Å². The van der Waals surface area contributed by atoms with Gasteiger partial charge >= 0.3 is 0 Å². The van der Waals surface area contributed by atoms with Crippen LogP contribution in [-0.4, -0.2) is 5.91 Å². The fourth-order valence-corrected chi connectivity index (χ4v) is 1.85. The third kappa shape index (κ3) is 3.32. The van der Waals surface area contributed by atoms with Gasteiger partial charge in [0.2, 0.25) is 0 Å². The van der Waals surface area contributed by atoms with Crippen LogP contribution in [0.1, 0.15) is 21.5 Å². The van der Waals surface area contributed by atoms with Gasteiger partial charge in [0.15, 0.2) is 0 Å². The molecule has 0 saturated carbocycles. The van der Waals surface area contributed by atoms with Crippen molar-refractivity contribution >= 4 is 23.2 Å². The molecule has 0 saturated heterocycles. The number of anilines is 1. The van der Waals surface area contributed by atoms with Crippen molar-refractivity contribution in [2.24, 2.45) is 0 Å². The van der Waals surface area contributed by atoms with Crippen molar-refractivity contribution in [2.45, 2.75) is 12.8 Å². The molecule has 2 nitrogen and oxygen atoms in total. The highest BCUT2D eigenvalue weighted by Gasteiger charge is 2.08. The van der Waals surface area contributed by atoms with Crippen LogP contribution in [0.15, 0.2) is 42.5 Å². The molecule has 0 fully saturated rings. The highest BCUT2D eigenvalue weighted by molar-refractivity contribution is 6.17. The van der Waals surface area contributed by atoms with Crippen molar-refractivity contribution in [3.05, 3.63) is 65.0 Å². The van der Waals surface area contributed by atoms with E-state index >= 15 is 0 Å². The van der Waals surface area contributed by atoms with Crippen molar-refractivity contribution < 1.29 is 9.18 Å². The molecule has 2 aromatic rings. The maximum atomic E-state index is 13.1. The van der Waals surface area contributed by atoms with Gasteiger partial charge in [-0.2, -0.15) is 0 Å². The third-order valence-corrected chi connectivity index (χ3v) is 3.13. The van der Waals surface area contributed by atoms with Gasteiger partial charge in [0.1, 0.15) is 5.82 Å². The Hall–Kier alpha value is -1.87. The number of hydrogen-bond acceptors (Lipinski definition) is 1. The number of hydrogen-bond donors (Lipinski definition) is 1. The lowest BCUT2D eigenvalue weighted by molar-refractivity contribution is 0.102. The quantitative estimate of drug-likeness (QED) is 0.840. The Morgan fingerprint density at radius 1 is 1.21 bits per heavy atom. The Morgan fingerprint density at radius 2 is 1.89 bits per heavy atom. The largest absolute Gasteiger partial charge is 0.322 e. The van der Waals surface area contributed by atoms with Gasteiger partial charge in [0.25, 0.3) is 5.91 Å². The standard InChI is InChI=1S/C15H13ClFNO/c1-10-2-7-13(17)8-14(10)18-15(19)12-5-3-11(9-16)4-6-12/h2-8H,9H2,1H3,(H,18,19). The summed E-state index contributed by atoms with van der Waals surface area (Å²) in [6, 6.07) is 11.3. The molecule has 0 aliphatic rings. The molecule has 0 heterocycles. The molecule has 1 N–H and O–H groups in total. The second kappa shape index (κ2) is 5.85. The van der Waals surface area contributed by atoms with Gasteiger partial charge in [-0.25, -0.2) is 4.39 Å². The van der Waals surface area contributed by atoms with Crippen LogP contribution in [0, 0.1) is 12.7 Å². The third-order valence-electron chi connectivity index (χ3n) is 2.82. The number of carbonyl (C=O) groups is 1. The zero-order valence-electron chi connectivity index (χ0n) is 10.4. The number of alkyl halides is 1. The Bertz CT molecular complexity index is 596. The first kappa shape index (κ1) is 13.6. The fourth-order valence-electron chi connectivity index (χ4n) is 1.67. The van der Waals surface area contributed by atoms with Gasteiger partial charge in [-0.1, -0.05) is 18.2 Å². The lowest BCUT2D eigenvalue weighted by Gasteiger charge is -2.08. The maximum absolute atomic E-state index is 13.1. The molecular weight excluding hydrogens is 265 g/mol. The summed E-state index contributed by atoms with van der Waals surface area (Å²) >= 11 is 5.68. The van der Waals surface area contributed by atoms with Gasteiger partial charge in [0.05, 0.1) is 0 Å². The normalized spacial score (nSPS) is 10.3. The first-order chi connectivity index (χ1) is 9.10. The van der Waals surface area contributed by atoms with Crippen molar-refractivity contribution in [1.82, 2.24) is 0 Å². The van der Waals surface area contributed by atoms with E-state index < -0.39 is 0 Å². The molecule has 0 spiro atoms. The summed E-state index contributed by atoms with van der Waals surface area (Å²) < 4.78 is 13.1. The minimum absolute atomic E-state index is 0.269. The van der Waals surface area contributed by atoms with Gasteiger partial charge in [-0.3, -0.25) is 4.79 Å². The molecule has 0 unspecified atom stereocenters. The number of nitrogens with one attached hydrogen (secondary N) is 1. The molecule has 0 radical (unpaired) electrons. The number of halogens is 2. The van der Waals surface area contributed by atoms with Gasteiger partial charge in [-0.05, 0) is 42.3 Å². The van der Waals surface area contributed by atoms with E-state index in [9.17, 15) is 9.18 Å². The van der Waals surface area contributed by atoms with Crippen molar-refractivity contribution in [1.29, 1.82) is 0 Å². The summed E-state index contributed by atoms with van der Waals surface area (Å²) in [5.74, 6) is -0.238. The summed E-state index contributed by atoms with van der Waals surface area (Å²) in [5, 5.41) is 2.69. The minimum Gasteiger partial charge on any atom is -0.322 e. The second-order valence-electron chi connectivity index (χ2n) is 4.24. The predicted octanol–water partition coefficient (Wildman–Crippen LogP) is 4.13. The fraction of sp³-hybridized carbons (Fsp3) is 0.133. The van der Waals surface area contributed by atoms with Crippen molar-refractivity contribution in [3.63, 3.8) is 0 Å². The Morgan fingerprint density at radius 3 is 2.53 bits per heavy atom. The van der Waals surface area contributed by atoms with E-state index in [4.69, 9.17) is 11.6 Å². The molecule has 0 bridgehead atoms. The summed E-state index contributed by atoms with van der Waals surface area (Å²) in [7, 11) is 0. The average Bonchev–Trinajstić information content (AvgIpc) is 2.43. The molecule has 2 rings (SSSR count). The Kier molecular flexibility index (Phi) is 4.17. The Labute approximate surface area is 116 Å². The summed E-state index contributed by atoms with van der Waals surface area (Å²) in [6.45, 7) is 1.81. The van der Waals surface area contributed by atoms with Crippen molar-refractivity contribution in [2.75, 3.05) is 5.32 Å². The number of benzene rings is 2. The van der Waals surface area contributed by atoms with E-state index in [0.29, 0.717) is 17.1 Å². The summed E-state index contributed by atoms with van der Waals surface area (Å²) in [6.07, 6.45) is 0. The van der Waals surface area contributed by atoms with E-state index in [1.165, 1.54) is 12.1 Å². The molecule has 98 valence electrons. The van der Waals surface area contributed by atoms with Crippen LogP contribution < -0.4 is 5.32 Å². The maximum Gasteiger partial charge on any atom is 0.255 e. The number of rotatable bonds is 3. The molecule has 0 atom stereocenters. The molecule has 2 aromatic carbocycles. The smallest absolute Gasteiger partial charge is 0.255 e. The predicted molar refractivity (Wildman–Crippen MR) is 75.1 cm³/mol. The van der Waals surface area contributed by atoms with Gasteiger partial charge in [0, 0.05) is 17.1 Å². The molecule has 1 amide bonds. The molecule has 4 heteroatoms. The van der Waals surface area contributed by atoms with Gasteiger partial charge < -0.3 is 5.32 Å². The second-order valence-corrected chi connectivity index (χ2v) is 4.51. The molecule has 0 aliphatic carbocycles. The van der Waals surface area contributed by atoms with E-state index in [1.807, 2.05) is 6.92 Å². The lowest BCUT2D eigenvalue weighted by atomic mass is 10.1.